The molecule has 4 rings (SSSR count). The number of alkyl halides is 4. The Labute approximate surface area is 260 Å². The van der Waals surface area contributed by atoms with Crippen LogP contribution in [0.15, 0.2) is 22.7 Å². The molecular formula is C27H35F2I2N3O6. The van der Waals surface area contributed by atoms with Gasteiger partial charge in [-0.15, -0.1) is 0 Å². The molecule has 1 saturated heterocycles. The zero-order valence-electron chi connectivity index (χ0n) is 23.0. The first kappa shape index (κ1) is 31.4. The molecule has 1 atom stereocenters. The standard InChI is InChI=1S/C27H35F2I2N3O6/c1-24(2)12-25(3,4)14-26(36,13-24)27(28,29)23(35)34-9-5-6-18(34)22-32-21(40-33-22)11-37-17-7-8-19(38-15-30)20(10-17)39-16-31/h7-8,10,18,36H,5-6,9,11-16H2,1-4H3/t18-/m0/s1. The van der Waals surface area contributed by atoms with Crippen molar-refractivity contribution in [2.24, 2.45) is 10.8 Å². The molecule has 1 aromatic heterocycles. The number of ether oxygens (including phenoxy) is 3. The summed E-state index contributed by atoms with van der Waals surface area (Å²) in [7, 11) is 0. The molecule has 9 nitrogen and oxygen atoms in total. The summed E-state index contributed by atoms with van der Waals surface area (Å²) in [5.74, 6) is -3.48. The van der Waals surface area contributed by atoms with E-state index in [2.05, 4.69) is 55.3 Å². The molecule has 2 aromatic rings. The van der Waals surface area contributed by atoms with E-state index in [1.54, 1.807) is 18.2 Å². The van der Waals surface area contributed by atoms with Gasteiger partial charge >= 0.3 is 5.92 Å². The highest BCUT2D eigenvalue weighted by atomic mass is 127. The van der Waals surface area contributed by atoms with E-state index < -0.39 is 34.3 Å². The molecule has 222 valence electrons. The summed E-state index contributed by atoms with van der Waals surface area (Å²) in [4.78, 5) is 18.8. The van der Waals surface area contributed by atoms with Crippen molar-refractivity contribution in [2.45, 2.75) is 84.0 Å². The van der Waals surface area contributed by atoms with Gasteiger partial charge in [-0.25, -0.2) is 0 Å². The quantitative estimate of drug-likeness (QED) is 0.216. The molecule has 2 heterocycles. The van der Waals surface area contributed by atoms with Crippen LogP contribution < -0.4 is 14.2 Å². The fraction of sp³-hybridized carbons (Fsp3) is 0.667. The second-order valence-electron chi connectivity index (χ2n) is 12.1. The van der Waals surface area contributed by atoms with Gasteiger partial charge < -0.3 is 28.7 Å². The first-order valence-electron chi connectivity index (χ1n) is 13.1. The number of carbonyl (C=O) groups excluding carboxylic acids is 1. The van der Waals surface area contributed by atoms with Crippen molar-refractivity contribution < 1.29 is 37.4 Å². The number of amides is 1. The first-order chi connectivity index (χ1) is 18.7. The van der Waals surface area contributed by atoms with Gasteiger partial charge in [-0.1, -0.05) is 32.9 Å². The number of halogens is 4. The molecule has 0 bridgehead atoms. The topological polar surface area (TPSA) is 107 Å². The third kappa shape index (κ3) is 6.76. The molecule has 0 radical (unpaired) electrons. The number of benzene rings is 1. The minimum Gasteiger partial charge on any atom is -0.484 e. The molecule has 1 aliphatic heterocycles. The van der Waals surface area contributed by atoms with Crippen LogP contribution in [0.4, 0.5) is 8.78 Å². The third-order valence-electron chi connectivity index (χ3n) is 7.35. The van der Waals surface area contributed by atoms with Crippen LogP contribution in [0.5, 0.6) is 17.2 Å². The van der Waals surface area contributed by atoms with Crippen LogP contribution in [-0.4, -0.2) is 53.3 Å². The summed E-state index contributed by atoms with van der Waals surface area (Å²) >= 11 is 4.18. The summed E-state index contributed by atoms with van der Waals surface area (Å²) in [6, 6.07) is 4.36. The van der Waals surface area contributed by atoms with E-state index in [1.165, 1.54) is 0 Å². The number of rotatable bonds is 10. The summed E-state index contributed by atoms with van der Waals surface area (Å²) < 4.78 is 54.8. The van der Waals surface area contributed by atoms with Gasteiger partial charge in [0, 0.05) is 12.6 Å². The Hall–Kier alpha value is -1.49. The van der Waals surface area contributed by atoms with Gasteiger partial charge in [-0.2, -0.15) is 13.8 Å². The normalized spacial score (nSPS) is 21.7. The summed E-state index contributed by atoms with van der Waals surface area (Å²) in [5, 5.41) is 15.2. The lowest BCUT2D eigenvalue weighted by atomic mass is 9.58. The average Bonchev–Trinajstić information content (AvgIpc) is 3.51. The van der Waals surface area contributed by atoms with Gasteiger partial charge in [0.2, 0.25) is 0 Å². The zero-order chi connectivity index (χ0) is 29.3. The third-order valence-corrected chi connectivity index (χ3v) is 7.97. The van der Waals surface area contributed by atoms with Crippen LogP contribution in [0.2, 0.25) is 0 Å². The SMILES string of the molecule is CC1(C)CC(C)(C)CC(O)(C(F)(F)C(=O)N2CCC[C@H]2c2noc(COc3ccc(OCI)c(OCI)c3)n2)C1. The van der Waals surface area contributed by atoms with Crippen molar-refractivity contribution in [1.29, 1.82) is 0 Å². The number of hydrogen-bond donors (Lipinski definition) is 1. The monoisotopic (exact) mass is 789 g/mol. The highest BCUT2D eigenvalue weighted by molar-refractivity contribution is 14.1. The lowest BCUT2D eigenvalue weighted by Crippen LogP contribution is -2.62. The second-order valence-corrected chi connectivity index (χ2v) is 13.3. The van der Waals surface area contributed by atoms with Crippen LogP contribution in [0, 0.1) is 10.8 Å². The maximum absolute atomic E-state index is 15.8. The van der Waals surface area contributed by atoms with E-state index in [4.69, 9.17) is 18.7 Å². The molecule has 2 aliphatic rings. The van der Waals surface area contributed by atoms with Crippen molar-refractivity contribution >= 4 is 51.1 Å². The maximum atomic E-state index is 15.8. The predicted molar refractivity (Wildman–Crippen MR) is 159 cm³/mol. The number of aliphatic hydroxyl groups is 1. The first-order valence-corrected chi connectivity index (χ1v) is 16.1. The minimum absolute atomic E-state index is 0.0656. The van der Waals surface area contributed by atoms with Crippen LogP contribution in [0.25, 0.3) is 0 Å². The molecule has 13 heteroatoms. The fourth-order valence-corrected chi connectivity index (χ4v) is 7.15. The predicted octanol–water partition coefficient (Wildman–Crippen LogP) is 6.46. The zero-order valence-corrected chi connectivity index (χ0v) is 27.3. The Morgan fingerprint density at radius 3 is 2.40 bits per heavy atom. The molecule has 0 unspecified atom stereocenters. The summed E-state index contributed by atoms with van der Waals surface area (Å²) in [6.07, 6.45) is 1.26. The molecule has 1 saturated carbocycles. The van der Waals surface area contributed by atoms with E-state index in [-0.39, 0.29) is 37.7 Å². The van der Waals surface area contributed by atoms with Crippen LogP contribution in [0.3, 0.4) is 0 Å². The van der Waals surface area contributed by atoms with Gasteiger partial charge in [0.05, 0.1) is 6.04 Å². The summed E-state index contributed by atoms with van der Waals surface area (Å²) in [5.41, 5.74) is -3.53. The average molecular weight is 789 g/mol. The number of aromatic nitrogens is 2. The van der Waals surface area contributed by atoms with Gasteiger partial charge in [-0.05, 0) is 100 Å². The van der Waals surface area contributed by atoms with E-state index >= 15 is 8.78 Å². The smallest absolute Gasteiger partial charge is 0.352 e. The van der Waals surface area contributed by atoms with Gasteiger partial charge in [0.15, 0.2) is 23.9 Å². The van der Waals surface area contributed by atoms with Crippen molar-refractivity contribution in [3.8, 4) is 17.2 Å². The molecule has 0 spiro atoms. The minimum atomic E-state index is -3.97. The van der Waals surface area contributed by atoms with Crippen molar-refractivity contribution in [1.82, 2.24) is 15.0 Å². The van der Waals surface area contributed by atoms with Crippen LogP contribution in [0.1, 0.15) is 77.6 Å². The number of likely N-dealkylation sites (tertiary alicyclic amines) is 1. The maximum Gasteiger partial charge on any atom is 0.352 e. The molecule has 1 aliphatic carbocycles. The Kier molecular flexibility index (Phi) is 9.45. The van der Waals surface area contributed by atoms with E-state index in [1.807, 2.05) is 27.7 Å². The van der Waals surface area contributed by atoms with Crippen molar-refractivity contribution in [3.63, 3.8) is 0 Å². The number of carbonyl (C=O) groups is 1. The molecule has 1 aromatic carbocycles. The second kappa shape index (κ2) is 12.0. The molecular weight excluding hydrogens is 754 g/mol. The van der Waals surface area contributed by atoms with E-state index in [9.17, 15) is 9.90 Å². The lowest BCUT2D eigenvalue weighted by molar-refractivity contribution is -0.231. The Morgan fingerprint density at radius 1 is 1.10 bits per heavy atom. The molecule has 1 amide bonds. The van der Waals surface area contributed by atoms with E-state index in [0.717, 1.165) is 4.90 Å². The van der Waals surface area contributed by atoms with Gasteiger partial charge in [-0.3, -0.25) is 4.79 Å². The van der Waals surface area contributed by atoms with Gasteiger partial charge in [0.25, 0.3) is 11.8 Å². The number of hydrogen-bond acceptors (Lipinski definition) is 8. The fourth-order valence-electron chi connectivity index (χ4n) is 6.48. The summed E-state index contributed by atoms with van der Waals surface area (Å²) in [6.45, 7) is 7.46. The Morgan fingerprint density at radius 2 is 1.75 bits per heavy atom. The Bertz CT molecular complexity index is 1190. The Balaban J connectivity index is 1.46. The van der Waals surface area contributed by atoms with E-state index in [0.29, 0.717) is 45.7 Å². The van der Waals surface area contributed by atoms with Crippen LogP contribution >= 0.6 is 45.2 Å². The lowest BCUT2D eigenvalue weighted by Gasteiger charge is -2.51. The largest absolute Gasteiger partial charge is 0.484 e. The van der Waals surface area contributed by atoms with Crippen molar-refractivity contribution in [2.75, 3.05) is 15.8 Å². The molecule has 2 fully saturated rings. The number of nitrogens with zero attached hydrogens (tertiary/aromatic N) is 3. The van der Waals surface area contributed by atoms with Gasteiger partial charge in [0.1, 0.15) is 20.6 Å². The highest BCUT2D eigenvalue weighted by Gasteiger charge is 2.65. The molecule has 40 heavy (non-hydrogen) atoms. The van der Waals surface area contributed by atoms with Crippen LogP contribution in [-0.2, 0) is 11.4 Å². The van der Waals surface area contributed by atoms with Crippen molar-refractivity contribution in [3.05, 3.63) is 29.9 Å². The highest BCUT2D eigenvalue weighted by Crippen LogP contribution is 2.55. The molecule has 1 N–H and O–H groups in total.